The highest BCUT2D eigenvalue weighted by Gasteiger charge is 2.10. The first-order chi connectivity index (χ1) is 11.4. The van der Waals surface area contributed by atoms with Crippen LogP contribution < -0.4 is 10.2 Å². The van der Waals surface area contributed by atoms with Crippen molar-refractivity contribution in [1.29, 1.82) is 0 Å². The van der Waals surface area contributed by atoms with Gasteiger partial charge in [0.25, 0.3) is 6.01 Å². The smallest absolute Gasteiger partial charge is 0.300 e. The van der Waals surface area contributed by atoms with Crippen molar-refractivity contribution in [2.75, 3.05) is 23.3 Å². The number of hydrogen-bond acceptors (Lipinski definition) is 4. The summed E-state index contributed by atoms with van der Waals surface area (Å²) in [6, 6.07) is 16.9. The summed E-state index contributed by atoms with van der Waals surface area (Å²) in [7, 11) is 0. The van der Waals surface area contributed by atoms with Crippen molar-refractivity contribution in [3.63, 3.8) is 0 Å². The predicted molar refractivity (Wildman–Crippen MR) is 94.4 cm³/mol. The van der Waals surface area contributed by atoms with Crippen molar-refractivity contribution in [1.82, 2.24) is 4.98 Å². The minimum absolute atomic E-state index is 0.536. The average Bonchev–Trinajstić information content (AvgIpc) is 2.80. The van der Waals surface area contributed by atoms with E-state index in [1.54, 1.807) is 0 Å². The number of para-hydroxylation sites is 2. The summed E-state index contributed by atoms with van der Waals surface area (Å²) in [5.74, 6) is 0. The zero-order chi connectivity index (χ0) is 15.5. The van der Waals surface area contributed by atoms with Crippen LogP contribution >= 0.6 is 0 Å². The van der Waals surface area contributed by atoms with E-state index in [0.29, 0.717) is 6.01 Å². The zero-order valence-electron chi connectivity index (χ0n) is 13.2. The molecule has 1 aliphatic heterocycles. The number of anilines is 3. The molecule has 4 rings (SSSR count). The number of hydrogen-bond donors (Lipinski definition) is 1. The predicted octanol–water partition coefficient (Wildman–Crippen LogP) is 4.95. The second-order valence-electron chi connectivity index (χ2n) is 6.06. The van der Waals surface area contributed by atoms with Gasteiger partial charge in [-0.15, -0.1) is 0 Å². The maximum atomic E-state index is 5.70. The van der Waals surface area contributed by atoms with Crippen LogP contribution in [-0.4, -0.2) is 18.1 Å². The molecule has 0 atom stereocenters. The summed E-state index contributed by atoms with van der Waals surface area (Å²) in [6.07, 6.45) is 5.30. The Labute approximate surface area is 136 Å². The lowest BCUT2D eigenvalue weighted by molar-refractivity contribution is 0.623. The fourth-order valence-corrected chi connectivity index (χ4v) is 3.13. The summed E-state index contributed by atoms with van der Waals surface area (Å²) < 4.78 is 5.70. The second kappa shape index (κ2) is 6.32. The molecule has 0 amide bonds. The van der Waals surface area contributed by atoms with Crippen molar-refractivity contribution in [3.8, 4) is 0 Å². The van der Waals surface area contributed by atoms with Crippen LogP contribution in [-0.2, 0) is 0 Å². The Morgan fingerprint density at radius 3 is 2.35 bits per heavy atom. The van der Waals surface area contributed by atoms with Gasteiger partial charge in [-0.05, 0) is 49.2 Å². The molecule has 23 heavy (non-hydrogen) atoms. The molecule has 0 saturated carbocycles. The average molecular weight is 307 g/mol. The van der Waals surface area contributed by atoms with Gasteiger partial charge in [0.2, 0.25) is 0 Å². The number of rotatable bonds is 3. The normalized spacial score (nSPS) is 15.6. The van der Waals surface area contributed by atoms with E-state index in [0.717, 1.165) is 29.9 Å². The van der Waals surface area contributed by atoms with Crippen molar-refractivity contribution in [2.24, 2.45) is 0 Å². The van der Waals surface area contributed by atoms with Gasteiger partial charge in [0.05, 0.1) is 0 Å². The largest absolute Gasteiger partial charge is 0.423 e. The number of oxazole rings is 1. The molecule has 0 radical (unpaired) electrons. The van der Waals surface area contributed by atoms with Crippen LogP contribution in [0.15, 0.2) is 52.9 Å². The Morgan fingerprint density at radius 1 is 0.870 bits per heavy atom. The first-order valence-electron chi connectivity index (χ1n) is 8.36. The fraction of sp³-hybridized carbons (Fsp3) is 0.316. The topological polar surface area (TPSA) is 41.3 Å². The Bertz CT molecular complexity index is 738. The summed E-state index contributed by atoms with van der Waals surface area (Å²) in [6.45, 7) is 2.33. The summed E-state index contributed by atoms with van der Waals surface area (Å²) >= 11 is 0. The first-order valence-corrected chi connectivity index (χ1v) is 8.36. The molecule has 0 bridgehead atoms. The molecule has 0 unspecified atom stereocenters. The molecule has 1 saturated heterocycles. The maximum Gasteiger partial charge on any atom is 0.300 e. The van der Waals surface area contributed by atoms with Gasteiger partial charge in [-0.1, -0.05) is 25.0 Å². The SMILES string of the molecule is c1ccc2oc(Nc3ccc(N4CCCCCC4)cc3)nc2c1. The van der Waals surface area contributed by atoms with Gasteiger partial charge in [0.1, 0.15) is 5.52 Å². The number of fused-ring (bicyclic) bond motifs is 1. The van der Waals surface area contributed by atoms with Gasteiger partial charge in [-0.3, -0.25) is 0 Å². The molecule has 1 N–H and O–H groups in total. The van der Waals surface area contributed by atoms with Gasteiger partial charge < -0.3 is 14.6 Å². The Morgan fingerprint density at radius 2 is 1.61 bits per heavy atom. The van der Waals surface area contributed by atoms with E-state index < -0.39 is 0 Å². The summed E-state index contributed by atoms with van der Waals surface area (Å²) in [4.78, 5) is 6.93. The Hall–Kier alpha value is -2.49. The highest BCUT2D eigenvalue weighted by molar-refractivity contribution is 5.75. The van der Waals surface area contributed by atoms with Crippen LogP contribution in [0.1, 0.15) is 25.7 Å². The lowest BCUT2D eigenvalue weighted by Gasteiger charge is -2.22. The van der Waals surface area contributed by atoms with Gasteiger partial charge in [-0.2, -0.15) is 4.98 Å². The van der Waals surface area contributed by atoms with Gasteiger partial charge in [0.15, 0.2) is 5.58 Å². The quantitative estimate of drug-likeness (QED) is 0.743. The molecule has 0 spiro atoms. The molecule has 118 valence electrons. The second-order valence-corrected chi connectivity index (χ2v) is 6.06. The third kappa shape index (κ3) is 3.16. The van der Waals surface area contributed by atoms with E-state index in [1.165, 1.54) is 31.4 Å². The fourth-order valence-electron chi connectivity index (χ4n) is 3.13. The van der Waals surface area contributed by atoms with Crippen LogP contribution in [0.2, 0.25) is 0 Å². The van der Waals surface area contributed by atoms with Gasteiger partial charge in [0, 0.05) is 24.5 Å². The third-order valence-electron chi connectivity index (χ3n) is 4.38. The van der Waals surface area contributed by atoms with Gasteiger partial charge >= 0.3 is 0 Å². The van der Waals surface area contributed by atoms with Crippen molar-refractivity contribution in [2.45, 2.75) is 25.7 Å². The van der Waals surface area contributed by atoms with Crippen LogP contribution in [0.4, 0.5) is 17.4 Å². The van der Waals surface area contributed by atoms with Crippen molar-refractivity contribution < 1.29 is 4.42 Å². The van der Waals surface area contributed by atoms with E-state index in [1.807, 2.05) is 24.3 Å². The molecule has 2 heterocycles. The third-order valence-corrected chi connectivity index (χ3v) is 4.38. The minimum atomic E-state index is 0.536. The monoisotopic (exact) mass is 307 g/mol. The van der Waals surface area contributed by atoms with E-state index in [9.17, 15) is 0 Å². The number of nitrogens with zero attached hydrogens (tertiary/aromatic N) is 2. The highest BCUT2D eigenvalue weighted by atomic mass is 16.4. The lowest BCUT2D eigenvalue weighted by atomic mass is 10.2. The lowest BCUT2D eigenvalue weighted by Crippen LogP contribution is -2.23. The number of nitrogens with one attached hydrogen (secondary N) is 1. The van der Waals surface area contributed by atoms with Crippen LogP contribution in [0.25, 0.3) is 11.1 Å². The van der Waals surface area contributed by atoms with Crippen LogP contribution in [0.3, 0.4) is 0 Å². The van der Waals surface area contributed by atoms with Crippen molar-refractivity contribution >= 4 is 28.5 Å². The molecule has 3 aromatic rings. The zero-order valence-corrected chi connectivity index (χ0v) is 13.2. The summed E-state index contributed by atoms with van der Waals surface area (Å²) in [5, 5.41) is 3.24. The van der Waals surface area contributed by atoms with Crippen LogP contribution in [0.5, 0.6) is 0 Å². The molecule has 1 aliphatic rings. The van der Waals surface area contributed by atoms with E-state index in [2.05, 4.69) is 39.5 Å². The summed E-state index contributed by atoms with van der Waals surface area (Å²) in [5.41, 5.74) is 3.97. The molecular weight excluding hydrogens is 286 g/mol. The Kier molecular flexibility index (Phi) is 3.88. The molecule has 1 fully saturated rings. The minimum Gasteiger partial charge on any atom is -0.423 e. The Balaban J connectivity index is 1.49. The molecule has 4 nitrogen and oxygen atoms in total. The van der Waals surface area contributed by atoms with E-state index >= 15 is 0 Å². The number of aromatic nitrogens is 1. The standard InChI is InChI=1S/C19H21N3O/c1-2-6-14-22(13-5-1)16-11-9-15(10-12-16)20-19-21-17-7-3-4-8-18(17)23-19/h3-4,7-12H,1-2,5-6,13-14H2,(H,20,21). The number of benzene rings is 2. The molecule has 2 aromatic carbocycles. The van der Waals surface area contributed by atoms with Crippen LogP contribution in [0, 0.1) is 0 Å². The molecule has 4 heteroatoms. The van der Waals surface area contributed by atoms with E-state index in [4.69, 9.17) is 4.42 Å². The maximum absolute atomic E-state index is 5.70. The van der Waals surface area contributed by atoms with E-state index in [-0.39, 0.29) is 0 Å². The van der Waals surface area contributed by atoms with Crippen molar-refractivity contribution in [3.05, 3.63) is 48.5 Å². The molecular formula is C19H21N3O. The first kappa shape index (κ1) is 14.1. The molecule has 0 aliphatic carbocycles. The molecule has 1 aromatic heterocycles. The highest BCUT2D eigenvalue weighted by Crippen LogP contribution is 2.25. The van der Waals surface area contributed by atoms with Gasteiger partial charge in [-0.25, -0.2) is 0 Å².